The Morgan fingerprint density at radius 3 is 2.00 bits per heavy atom. The number of hydrogen-bond donors (Lipinski definition) is 0. The summed E-state index contributed by atoms with van der Waals surface area (Å²) in [7, 11) is 0. The molecule has 1 aliphatic heterocycles. The fourth-order valence-corrected chi connectivity index (χ4v) is 2.15. The van der Waals surface area contributed by atoms with Gasteiger partial charge in [0.1, 0.15) is 11.2 Å². The van der Waals surface area contributed by atoms with Gasteiger partial charge >= 0.3 is 18.0 Å². The first-order chi connectivity index (χ1) is 10.1. The molecule has 0 N–H and O–H groups in total. The number of cyclic esters (lactones) is 1. The van der Waals surface area contributed by atoms with Crippen molar-refractivity contribution in [2.75, 3.05) is 6.73 Å². The summed E-state index contributed by atoms with van der Waals surface area (Å²) in [5, 5.41) is 0. The van der Waals surface area contributed by atoms with Crippen molar-refractivity contribution < 1.29 is 28.6 Å². The highest BCUT2D eigenvalue weighted by molar-refractivity contribution is 5.91. The number of carbonyl (C=O) groups is 3. The molecule has 1 atom stereocenters. The maximum absolute atomic E-state index is 12.6. The summed E-state index contributed by atoms with van der Waals surface area (Å²) in [5.74, 6) is -1.22. The molecule has 0 spiro atoms. The first kappa shape index (κ1) is 19.3. The fourth-order valence-electron chi connectivity index (χ4n) is 2.15. The van der Waals surface area contributed by atoms with E-state index >= 15 is 0 Å². The van der Waals surface area contributed by atoms with Crippen LogP contribution in [0.5, 0.6) is 0 Å². The van der Waals surface area contributed by atoms with Gasteiger partial charge in [-0.3, -0.25) is 9.69 Å². The zero-order valence-electron chi connectivity index (χ0n) is 15.2. The Balaban J connectivity index is 3.14. The van der Waals surface area contributed by atoms with Gasteiger partial charge in [-0.15, -0.1) is 0 Å². The summed E-state index contributed by atoms with van der Waals surface area (Å²) in [5.41, 5.74) is -2.72. The molecule has 0 aromatic heterocycles. The molecule has 0 aromatic carbocycles. The predicted octanol–water partition coefficient (Wildman–Crippen LogP) is 2.47. The van der Waals surface area contributed by atoms with E-state index in [1.54, 1.807) is 55.4 Å². The van der Waals surface area contributed by atoms with E-state index in [0.29, 0.717) is 0 Å². The van der Waals surface area contributed by atoms with E-state index < -0.39 is 40.7 Å². The Kier molecular flexibility index (Phi) is 5.04. The van der Waals surface area contributed by atoms with Crippen molar-refractivity contribution in [1.29, 1.82) is 0 Å². The fraction of sp³-hybridized carbons (Fsp3) is 0.812. The lowest BCUT2D eigenvalue weighted by Crippen LogP contribution is -2.62. The summed E-state index contributed by atoms with van der Waals surface area (Å²) in [6.07, 6.45) is -0.728. The standard InChI is InChI=1S/C16H27NO6/c1-14(2,3)22-11(18)10-16(7,8)12(19)21-9-17(10)13(20)23-15(4,5)6/h10H,9H2,1-8H3/t10-/m1/s1. The van der Waals surface area contributed by atoms with Gasteiger partial charge in [-0.25, -0.2) is 9.59 Å². The van der Waals surface area contributed by atoms with Crippen LogP contribution in [0, 0.1) is 5.41 Å². The van der Waals surface area contributed by atoms with Gasteiger partial charge in [0, 0.05) is 0 Å². The van der Waals surface area contributed by atoms with Gasteiger partial charge in [-0.2, -0.15) is 0 Å². The highest BCUT2D eigenvalue weighted by Crippen LogP contribution is 2.33. The smallest absolute Gasteiger partial charge is 0.413 e. The molecule has 0 unspecified atom stereocenters. The van der Waals surface area contributed by atoms with Crippen LogP contribution in [0.3, 0.4) is 0 Å². The second-order valence-corrected chi connectivity index (χ2v) is 8.17. The molecule has 0 saturated carbocycles. The largest absolute Gasteiger partial charge is 0.458 e. The number of ether oxygens (including phenoxy) is 3. The molecule has 1 saturated heterocycles. The van der Waals surface area contributed by atoms with Crippen LogP contribution in [-0.2, 0) is 23.8 Å². The Morgan fingerprint density at radius 1 is 1.09 bits per heavy atom. The highest BCUT2D eigenvalue weighted by atomic mass is 16.6. The van der Waals surface area contributed by atoms with E-state index in [1.165, 1.54) is 0 Å². The second kappa shape index (κ2) is 6.02. The van der Waals surface area contributed by atoms with Crippen LogP contribution in [0.2, 0.25) is 0 Å². The molecule has 7 nitrogen and oxygen atoms in total. The lowest BCUT2D eigenvalue weighted by atomic mass is 9.82. The van der Waals surface area contributed by atoms with Crippen molar-refractivity contribution in [2.45, 2.75) is 72.6 Å². The average molecular weight is 329 g/mol. The molecule has 1 amide bonds. The molecule has 0 bridgehead atoms. The number of amides is 1. The monoisotopic (exact) mass is 329 g/mol. The van der Waals surface area contributed by atoms with Gasteiger partial charge in [0.05, 0.1) is 5.41 Å². The maximum atomic E-state index is 12.6. The SMILES string of the molecule is CC(C)(C)OC(=O)[C@H]1N(C(=O)OC(C)(C)C)COC(=O)C1(C)C. The van der Waals surface area contributed by atoms with E-state index in [-0.39, 0.29) is 6.73 Å². The summed E-state index contributed by atoms with van der Waals surface area (Å²) < 4.78 is 15.7. The number of rotatable bonds is 1. The minimum Gasteiger partial charge on any atom is -0.458 e. The first-order valence-electron chi connectivity index (χ1n) is 7.55. The van der Waals surface area contributed by atoms with Crippen LogP contribution < -0.4 is 0 Å². The predicted molar refractivity (Wildman–Crippen MR) is 82.4 cm³/mol. The van der Waals surface area contributed by atoms with Crippen molar-refractivity contribution in [3.05, 3.63) is 0 Å². The lowest BCUT2D eigenvalue weighted by molar-refractivity contribution is -0.192. The molecular weight excluding hydrogens is 302 g/mol. The van der Waals surface area contributed by atoms with E-state index in [9.17, 15) is 14.4 Å². The normalized spacial score (nSPS) is 21.5. The third kappa shape index (κ3) is 4.84. The number of nitrogens with zero attached hydrogens (tertiary/aromatic N) is 1. The van der Waals surface area contributed by atoms with E-state index in [1.807, 2.05) is 0 Å². The molecular formula is C16H27NO6. The van der Waals surface area contributed by atoms with Crippen molar-refractivity contribution in [3.8, 4) is 0 Å². The Hall–Kier alpha value is -1.79. The third-order valence-corrected chi connectivity index (χ3v) is 3.11. The summed E-state index contributed by atoms with van der Waals surface area (Å²) >= 11 is 0. The molecule has 0 aliphatic carbocycles. The first-order valence-corrected chi connectivity index (χ1v) is 7.55. The van der Waals surface area contributed by atoms with Gasteiger partial charge < -0.3 is 14.2 Å². The van der Waals surface area contributed by atoms with Gasteiger partial charge in [0.2, 0.25) is 0 Å². The number of hydrogen-bond acceptors (Lipinski definition) is 6. The third-order valence-electron chi connectivity index (χ3n) is 3.11. The minimum absolute atomic E-state index is 0.346. The molecule has 0 aromatic rings. The van der Waals surface area contributed by atoms with Crippen molar-refractivity contribution in [2.24, 2.45) is 5.41 Å². The summed E-state index contributed by atoms with van der Waals surface area (Å²) in [6, 6.07) is -1.11. The molecule has 1 aliphatic rings. The van der Waals surface area contributed by atoms with Crippen LogP contribution >= 0.6 is 0 Å². The molecule has 1 rings (SSSR count). The summed E-state index contributed by atoms with van der Waals surface area (Å²) in [6.45, 7) is 13.0. The topological polar surface area (TPSA) is 82.1 Å². The van der Waals surface area contributed by atoms with Crippen LogP contribution in [0.25, 0.3) is 0 Å². The van der Waals surface area contributed by atoms with E-state index in [4.69, 9.17) is 14.2 Å². The van der Waals surface area contributed by atoms with Crippen LogP contribution in [0.4, 0.5) is 4.79 Å². The highest BCUT2D eigenvalue weighted by Gasteiger charge is 2.53. The number of carbonyl (C=O) groups excluding carboxylic acids is 3. The molecule has 23 heavy (non-hydrogen) atoms. The Morgan fingerprint density at radius 2 is 1.57 bits per heavy atom. The van der Waals surface area contributed by atoms with Gasteiger partial charge in [-0.05, 0) is 55.4 Å². The average Bonchev–Trinajstić information content (AvgIpc) is 2.27. The molecule has 7 heteroatoms. The Bertz CT molecular complexity index is 498. The summed E-state index contributed by atoms with van der Waals surface area (Å²) in [4.78, 5) is 38.1. The van der Waals surface area contributed by atoms with Crippen molar-refractivity contribution in [1.82, 2.24) is 4.90 Å². The number of esters is 2. The second-order valence-electron chi connectivity index (χ2n) is 8.17. The van der Waals surface area contributed by atoms with E-state index in [0.717, 1.165) is 4.90 Å². The zero-order chi connectivity index (χ0) is 18.2. The van der Waals surface area contributed by atoms with Crippen LogP contribution in [-0.4, -0.2) is 46.9 Å². The zero-order valence-corrected chi connectivity index (χ0v) is 15.2. The molecule has 1 heterocycles. The van der Waals surface area contributed by atoms with Crippen molar-refractivity contribution in [3.63, 3.8) is 0 Å². The van der Waals surface area contributed by atoms with Gasteiger partial charge in [0.15, 0.2) is 12.8 Å². The van der Waals surface area contributed by atoms with E-state index in [2.05, 4.69) is 0 Å². The molecule has 1 fully saturated rings. The quantitative estimate of drug-likeness (QED) is 0.543. The van der Waals surface area contributed by atoms with Gasteiger partial charge in [0.25, 0.3) is 0 Å². The maximum Gasteiger partial charge on any atom is 0.413 e. The van der Waals surface area contributed by atoms with Gasteiger partial charge in [-0.1, -0.05) is 0 Å². The van der Waals surface area contributed by atoms with Crippen LogP contribution in [0.1, 0.15) is 55.4 Å². The van der Waals surface area contributed by atoms with Crippen molar-refractivity contribution >= 4 is 18.0 Å². The Labute approximate surface area is 137 Å². The molecule has 0 radical (unpaired) electrons. The molecule has 132 valence electrons. The minimum atomic E-state index is -1.24. The van der Waals surface area contributed by atoms with Crippen LogP contribution in [0.15, 0.2) is 0 Å². The lowest BCUT2D eigenvalue weighted by Gasteiger charge is -2.43.